The van der Waals surface area contributed by atoms with Crippen molar-refractivity contribution in [2.75, 3.05) is 19.6 Å². The largest absolute Gasteiger partial charge is 0.373 e. The van der Waals surface area contributed by atoms with E-state index in [2.05, 4.69) is 10.6 Å². The number of likely N-dealkylation sites (tertiary alicyclic amines) is 1. The molecule has 8 heteroatoms. The number of imide groups is 1. The molecule has 5 atom stereocenters. The van der Waals surface area contributed by atoms with Crippen molar-refractivity contribution < 1.29 is 19.1 Å². The molecule has 0 radical (unpaired) electrons. The Bertz CT molecular complexity index is 509. The summed E-state index contributed by atoms with van der Waals surface area (Å²) in [4.78, 5) is 38.3. The fraction of sp³-hybridized carbons (Fsp3) is 0.812. The van der Waals surface area contributed by atoms with Crippen LogP contribution in [-0.4, -0.2) is 60.5 Å². The highest BCUT2D eigenvalue weighted by molar-refractivity contribution is 6.06. The molecule has 4 aliphatic rings. The van der Waals surface area contributed by atoms with Crippen LogP contribution in [-0.2, 0) is 19.1 Å². The average Bonchev–Trinajstić information content (AvgIpc) is 3.22. The van der Waals surface area contributed by atoms with Crippen LogP contribution in [0.4, 0.5) is 0 Å². The lowest BCUT2D eigenvalue weighted by Gasteiger charge is -2.24. The molecule has 0 aliphatic carbocycles. The summed E-state index contributed by atoms with van der Waals surface area (Å²) >= 11 is 0. The first-order valence-electron chi connectivity index (χ1n) is 8.66. The van der Waals surface area contributed by atoms with Gasteiger partial charge in [-0.05, 0) is 32.2 Å². The SMILES string of the molecule is Cl.O=C(CCN1C(=O)C2C3CCC(O3)C2C1=O)NC1CCCNC1. The highest BCUT2D eigenvalue weighted by atomic mass is 35.5. The van der Waals surface area contributed by atoms with Crippen LogP contribution in [0.3, 0.4) is 0 Å². The predicted molar refractivity (Wildman–Crippen MR) is 87.5 cm³/mol. The number of carbonyl (C=O) groups excluding carboxylic acids is 3. The van der Waals surface area contributed by atoms with E-state index in [1.54, 1.807) is 0 Å². The summed E-state index contributed by atoms with van der Waals surface area (Å²) in [6, 6.07) is 0.157. The Labute approximate surface area is 147 Å². The number of rotatable bonds is 4. The normalized spacial score (nSPS) is 37.3. The van der Waals surface area contributed by atoms with Gasteiger partial charge in [0.05, 0.1) is 24.0 Å². The van der Waals surface area contributed by atoms with E-state index in [1.165, 1.54) is 4.90 Å². The van der Waals surface area contributed by atoms with Gasteiger partial charge in [0.1, 0.15) is 0 Å². The van der Waals surface area contributed by atoms with Gasteiger partial charge in [0, 0.05) is 25.6 Å². The van der Waals surface area contributed by atoms with Crippen LogP contribution >= 0.6 is 12.4 Å². The fourth-order valence-corrected chi connectivity index (χ4v) is 4.48. The van der Waals surface area contributed by atoms with Crippen LogP contribution < -0.4 is 10.6 Å². The van der Waals surface area contributed by atoms with E-state index in [1.807, 2.05) is 0 Å². The predicted octanol–water partition coefficient (Wildman–Crippen LogP) is -0.171. The Hall–Kier alpha value is -1.18. The van der Waals surface area contributed by atoms with Crippen LogP contribution in [0.15, 0.2) is 0 Å². The van der Waals surface area contributed by atoms with Gasteiger partial charge < -0.3 is 15.4 Å². The van der Waals surface area contributed by atoms with Gasteiger partial charge in [-0.1, -0.05) is 0 Å². The lowest BCUT2D eigenvalue weighted by atomic mass is 9.81. The van der Waals surface area contributed by atoms with Gasteiger partial charge in [0.15, 0.2) is 0 Å². The molecule has 4 fully saturated rings. The number of amides is 3. The van der Waals surface area contributed by atoms with E-state index >= 15 is 0 Å². The van der Waals surface area contributed by atoms with E-state index in [4.69, 9.17) is 4.74 Å². The molecule has 2 bridgehead atoms. The second-order valence-corrected chi connectivity index (χ2v) is 7.03. The molecule has 7 nitrogen and oxygen atoms in total. The first kappa shape index (κ1) is 17.6. The lowest BCUT2D eigenvalue weighted by Crippen LogP contribution is -2.46. The molecule has 4 rings (SSSR count). The number of halogens is 1. The molecular formula is C16H24ClN3O4. The van der Waals surface area contributed by atoms with E-state index in [9.17, 15) is 14.4 Å². The monoisotopic (exact) mass is 357 g/mol. The zero-order chi connectivity index (χ0) is 16.0. The molecule has 4 heterocycles. The van der Waals surface area contributed by atoms with Gasteiger partial charge in [0.2, 0.25) is 17.7 Å². The third-order valence-electron chi connectivity index (χ3n) is 5.60. The van der Waals surface area contributed by atoms with Crippen LogP contribution in [0.25, 0.3) is 0 Å². The Morgan fingerprint density at radius 3 is 2.42 bits per heavy atom. The lowest BCUT2D eigenvalue weighted by molar-refractivity contribution is -0.142. The Morgan fingerprint density at radius 1 is 1.17 bits per heavy atom. The summed E-state index contributed by atoms with van der Waals surface area (Å²) in [5.41, 5.74) is 0. The van der Waals surface area contributed by atoms with Crippen molar-refractivity contribution in [1.29, 1.82) is 0 Å². The number of nitrogens with one attached hydrogen (secondary N) is 2. The van der Waals surface area contributed by atoms with Crippen molar-refractivity contribution in [3.05, 3.63) is 0 Å². The summed E-state index contributed by atoms with van der Waals surface area (Å²) < 4.78 is 5.70. The summed E-state index contributed by atoms with van der Waals surface area (Å²) in [5, 5.41) is 6.23. The maximum absolute atomic E-state index is 12.5. The minimum atomic E-state index is -0.299. The third-order valence-corrected chi connectivity index (χ3v) is 5.60. The number of hydrogen-bond donors (Lipinski definition) is 2. The van der Waals surface area contributed by atoms with E-state index in [-0.39, 0.29) is 73.2 Å². The number of fused-ring (bicyclic) bond motifs is 5. The quantitative estimate of drug-likeness (QED) is 0.682. The maximum Gasteiger partial charge on any atom is 0.235 e. The number of piperidine rings is 1. The van der Waals surface area contributed by atoms with Crippen LogP contribution in [0, 0.1) is 11.8 Å². The van der Waals surface area contributed by atoms with E-state index in [0.29, 0.717) is 0 Å². The molecular weight excluding hydrogens is 334 g/mol. The average molecular weight is 358 g/mol. The van der Waals surface area contributed by atoms with Gasteiger partial charge in [0.25, 0.3) is 0 Å². The molecule has 4 aliphatic heterocycles. The molecule has 0 aromatic heterocycles. The molecule has 0 aromatic rings. The molecule has 3 amide bonds. The maximum atomic E-state index is 12.5. The second-order valence-electron chi connectivity index (χ2n) is 7.03. The van der Waals surface area contributed by atoms with Gasteiger partial charge in [-0.2, -0.15) is 0 Å². The third kappa shape index (κ3) is 2.93. The van der Waals surface area contributed by atoms with Crippen molar-refractivity contribution in [2.45, 2.75) is 50.4 Å². The van der Waals surface area contributed by atoms with Gasteiger partial charge in [-0.3, -0.25) is 19.3 Å². The minimum Gasteiger partial charge on any atom is -0.373 e. The number of hydrogen-bond acceptors (Lipinski definition) is 5. The van der Waals surface area contributed by atoms with Crippen LogP contribution in [0.5, 0.6) is 0 Å². The van der Waals surface area contributed by atoms with Crippen molar-refractivity contribution >= 4 is 30.1 Å². The summed E-state index contributed by atoms with van der Waals surface area (Å²) in [6.45, 7) is 1.98. The van der Waals surface area contributed by atoms with Crippen LogP contribution in [0.1, 0.15) is 32.1 Å². The highest BCUT2D eigenvalue weighted by Gasteiger charge is 2.62. The smallest absolute Gasteiger partial charge is 0.235 e. The summed E-state index contributed by atoms with van der Waals surface area (Å²) in [5.74, 6) is -0.965. The fourth-order valence-electron chi connectivity index (χ4n) is 4.48. The van der Waals surface area contributed by atoms with E-state index in [0.717, 1.165) is 38.8 Å². The van der Waals surface area contributed by atoms with Crippen LogP contribution in [0.2, 0.25) is 0 Å². The molecule has 4 saturated heterocycles. The Morgan fingerprint density at radius 2 is 1.83 bits per heavy atom. The first-order chi connectivity index (χ1) is 11.1. The van der Waals surface area contributed by atoms with Gasteiger partial charge in [-0.15, -0.1) is 12.4 Å². The molecule has 5 unspecified atom stereocenters. The molecule has 2 N–H and O–H groups in total. The van der Waals surface area contributed by atoms with Crippen molar-refractivity contribution in [1.82, 2.24) is 15.5 Å². The van der Waals surface area contributed by atoms with Crippen molar-refractivity contribution in [3.8, 4) is 0 Å². The Balaban J connectivity index is 0.00000169. The first-order valence-corrected chi connectivity index (χ1v) is 8.66. The topological polar surface area (TPSA) is 87.7 Å². The minimum absolute atomic E-state index is 0. The summed E-state index contributed by atoms with van der Waals surface area (Å²) in [7, 11) is 0. The zero-order valence-electron chi connectivity index (χ0n) is 13.5. The standard InChI is InChI=1S/C16H23N3O4.ClH/c20-12(18-9-2-1-6-17-8-9)5-7-19-15(21)13-10-3-4-11(23-10)14(13)16(19)22;/h9-11,13-14,17H,1-8H2,(H,18,20);1H. The molecule has 0 saturated carbocycles. The molecule has 0 spiro atoms. The molecule has 24 heavy (non-hydrogen) atoms. The van der Waals surface area contributed by atoms with E-state index < -0.39 is 0 Å². The molecule has 134 valence electrons. The molecule has 0 aromatic carbocycles. The number of carbonyl (C=O) groups is 3. The zero-order valence-corrected chi connectivity index (χ0v) is 14.3. The highest BCUT2D eigenvalue weighted by Crippen LogP contribution is 2.48. The van der Waals surface area contributed by atoms with Gasteiger partial charge >= 0.3 is 0 Å². The number of nitrogens with zero attached hydrogens (tertiary/aromatic N) is 1. The van der Waals surface area contributed by atoms with Crippen molar-refractivity contribution in [3.63, 3.8) is 0 Å². The summed E-state index contributed by atoms with van der Waals surface area (Å²) in [6.07, 6.45) is 3.78. The number of ether oxygens (including phenoxy) is 1. The second kappa shape index (κ2) is 6.98. The van der Waals surface area contributed by atoms with Crippen molar-refractivity contribution in [2.24, 2.45) is 11.8 Å². The van der Waals surface area contributed by atoms with Gasteiger partial charge in [-0.25, -0.2) is 0 Å². The Kier molecular flexibility index (Phi) is 5.13.